The van der Waals surface area contributed by atoms with Gasteiger partial charge in [0.1, 0.15) is 5.58 Å². The van der Waals surface area contributed by atoms with E-state index in [9.17, 15) is 13.6 Å². The summed E-state index contributed by atoms with van der Waals surface area (Å²) < 4.78 is 28.7. The van der Waals surface area contributed by atoms with E-state index >= 15 is 0 Å². The molecule has 0 saturated carbocycles. The lowest BCUT2D eigenvalue weighted by molar-refractivity contribution is 0.0962. The lowest BCUT2D eigenvalue weighted by Crippen LogP contribution is -2.24. The summed E-state index contributed by atoms with van der Waals surface area (Å²) in [5.74, 6) is -0.240. The van der Waals surface area contributed by atoms with Gasteiger partial charge in [-0.25, -0.2) is 4.21 Å². The van der Waals surface area contributed by atoms with Crippen LogP contribution in [0.1, 0.15) is 17.3 Å². The van der Waals surface area contributed by atoms with Gasteiger partial charge in [-0.05, 0) is 28.9 Å². The van der Waals surface area contributed by atoms with Crippen molar-refractivity contribution in [1.29, 1.82) is 0 Å². The van der Waals surface area contributed by atoms with Crippen LogP contribution in [0.4, 0.5) is 5.69 Å². The molecule has 114 valence electrons. The highest BCUT2D eigenvalue weighted by Crippen LogP contribution is 2.36. The van der Waals surface area contributed by atoms with Gasteiger partial charge in [-0.3, -0.25) is 13.7 Å². The normalized spacial score (nSPS) is 12.4. The van der Waals surface area contributed by atoms with Crippen molar-refractivity contribution in [3.63, 3.8) is 0 Å². The second-order valence-electron chi connectivity index (χ2n) is 4.06. The van der Waals surface area contributed by atoms with E-state index in [2.05, 4.69) is 21.2 Å². The maximum absolute atomic E-state index is 11.9. The number of hydrogen-bond acceptors (Lipinski definition) is 3. The Hall–Kier alpha value is -0.650. The summed E-state index contributed by atoms with van der Waals surface area (Å²) in [6.45, 7) is 2.12. The lowest BCUT2D eigenvalue weighted by Gasteiger charge is -2.19. The Morgan fingerprint density at radius 1 is 1.57 bits per heavy atom. The third-order valence-electron chi connectivity index (χ3n) is 2.91. The van der Waals surface area contributed by atoms with E-state index in [1.807, 2.05) is 22.6 Å². The number of hydrogen-bond donors (Lipinski definition) is 2. The van der Waals surface area contributed by atoms with Crippen molar-refractivity contribution in [1.82, 2.24) is 5.32 Å². The molecule has 0 radical (unpaired) electrons. The fourth-order valence-corrected chi connectivity index (χ4v) is 3.96. The zero-order valence-corrected chi connectivity index (χ0v) is 15.7. The highest BCUT2D eigenvalue weighted by atomic mass is 127. The number of nitrogens with zero attached hydrogens (tertiary/aromatic N) is 1. The minimum atomic E-state index is -2.14. The van der Waals surface area contributed by atoms with E-state index in [0.29, 0.717) is 37.0 Å². The van der Waals surface area contributed by atoms with Crippen LogP contribution >= 0.6 is 38.5 Å². The van der Waals surface area contributed by atoms with Gasteiger partial charge in [-0.2, -0.15) is 0 Å². The predicted octanol–water partition coefficient (Wildman–Crippen LogP) is 3.12. The zero-order valence-electron chi connectivity index (χ0n) is 11.1. The lowest BCUT2D eigenvalue weighted by atomic mass is 10.1. The van der Waals surface area contributed by atoms with Crippen molar-refractivity contribution in [2.24, 2.45) is 0 Å². The smallest absolute Gasteiger partial charge is 0.261 e. The Morgan fingerprint density at radius 2 is 2.24 bits per heavy atom. The van der Waals surface area contributed by atoms with Gasteiger partial charge in [0.25, 0.3) is 17.2 Å². The first-order chi connectivity index (χ1) is 9.90. The third-order valence-corrected chi connectivity index (χ3v) is 5.14. The zero-order chi connectivity index (χ0) is 15.7. The van der Waals surface area contributed by atoms with Gasteiger partial charge in [-0.1, -0.05) is 0 Å². The van der Waals surface area contributed by atoms with Gasteiger partial charge in [-0.15, -0.1) is 0 Å². The molecule has 1 heterocycles. The molecule has 0 aliphatic carbocycles. The first-order valence-corrected chi connectivity index (χ1v) is 8.86. The molecule has 2 N–H and O–H groups in total. The third kappa shape index (κ3) is 3.10. The van der Waals surface area contributed by atoms with E-state index in [1.54, 1.807) is 26.1 Å². The van der Waals surface area contributed by atoms with Gasteiger partial charge in [0.05, 0.1) is 11.3 Å². The minimum Gasteiger partial charge on any atom is -0.449 e. The van der Waals surface area contributed by atoms with E-state index < -0.39 is 11.3 Å². The summed E-state index contributed by atoms with van der Waals surface area (Å²) in [7, 11) is 1.55. The van der Waals surface area contributed by atoms with Crippen molar-refractivity contribution < 1.29 is 18.0 Å². The predicted molar refractivity (Wildman–Crippen MR) is 93.8 cm³/mol. The Labute approximate surface area is 145 Å². The van der Waals surface area contributed by atoms with E-state index in [1.165, 1.54) is 4.31 Å². The van der Waals surface area contributed by atoms with Crippen LogP contribution in [0, 0.1) is 3.77 Å². The number of nitrogens with one attached hydrogen (secondary N) is 1. The maximum atomic E-state index is 11.9. The number of fused-ring (bicyclic) bond motifs is 1. The highest BCUT2D eigenvalue weighted by molar-refractivity contribution is 14.1. The van der Waals surface area contributed by atoms with Crippen LogP contribution in [-0.2, 0) is 11.3 Å². The Kier molecular flexibility index (Phi) is 5.28. The molecule has 1 aromatic heterocycles. The monoisotopic (exact) mass is 486 g/mol. The molecule has 2 aromatic rings. The first kappa shape index (κ1) is 16.7. The average Bonchev–Trinajstić information content (AvgIpc) is 2.74. The second-order valence-corrected chi connectivity index (χ2v) is 6.79. The molecule has 1 unspecified atom stereocenters. The Balaban J connectivity index is 2.68. The number of amides is 1. The van der Waals surface area contributed by atoms with Gasteiger partial charge < -0.3 is 9.73 Å². The topological polar surface area (TPSA) is 82.8 Å². The fourth-order valence-electron chi connectivity index (χ4n) is 1.97. The first-order valence-electron chi connectivity index (χ1n) is 5.92. The molecule has 0 fully saturated rings. The number of anilines is 1. The number of rotatable bonds is 4. The van der Waals surface area contributed by atoms with Crippen molar-refractivity contribution >= 4 is 72.4 Å². The molecule has 6 nitrogen and oxygen atoms in total. The molecule has 1 amide bonds. The van der Waals surface area contributed by atoms with Gasteiger partial charge in [0.15, 0.2) is 3.77 Å². The number of furan rings is 1. The van der Waals surface area contributed by atoms with E-state index in [0.717, 1.165) is 0 Å². The standard InChI is InChI=1S/C12H12BrIN2O4S/c1-3-16(21(18)19)8-5-9-6(4-7(8)13)10(11(14)20-9)12(17)15-2/h4-5H,3H2,1-2H3,(H,15,17)(H,18,19). The highest BCUT2D eigenvalue weighted by Gasteiger charge is 2.22. The van der Waals surface area contributed by atoms with Gasteiger partial charge >= 0.3 is 0 Å². The van der Waals surface area contributed by atoms with Crippen LogP contribution < -0.4 is 9.62 Å². The quantitative estimate of drug-likeness (QED) is 0.513. The average molecular weight is 487 g/mol. The molecular formula is C12H12BrIN2O4S. The summed E-state index contributed by atoms with van der Waals surface area (Å²) >= 11 is 3.19. The molecule has 9 heteroatoms. The van der Waals surface area contributed by atoms with Crippen molar-refractivity contribution in [3.05, 3.63) is 25.9 Å². The van der Waals surface area contributed by atoms with E-state index in [4.69, 9.17) is 4.42 Å². The van der Waals surface area contributed by atoms with Crippen LogP contribution in [0.25, 0.3) is 11.0 Å². The molecule has 1 aromatic carbocycles. The number of carbonyl (C=O) groups is 1. The molecule has 0 spiro atoms. The van der Waals surface area contributed by atoms with Crippen molar-refractivity contribution in [2.45, 2.75) is 6.92 Å². The second kappa shape index (κ2) is 6.63. The van der Waals surface area contributed by atoms with Crippen LogP contribution in [0.2, 0.25) is 0 Å². The summed E-state index contributed by atoms with van der Waals surface area (Å²) in [6.07, 6.45) is 0. The SMILES string of the molecule is CCN(c1cc2oc(I)c(C(=O)NC)c2cc1Br)S(=O)O. The minimum absolute atomic E-state index is 0.240. The molecule has 21 heavy (non-hydrogen) atoms. The summed E-state index contributed by atoms with van der Waals surface area (Å²) in [5, 5.41) is 3.22. The molecular weight excluding hydrogens is 475 g/mol. The van der Waals surface area contributed by atoms with Crippen molar-refractivity contribution in [3.8, 4) is 0 Å². The molecule has 0 bridgehead atoms. The van der Waals surface area contributed by atoms with Crippen LogP contribution in [0.3, 0.4) is 0 Å². The molecule has 0 saturated heterocycles. The Morgan fingerprint density at radius 3 is 2.76 bits per heavy atom. The number of carbonyl (C=O) groups excluding carboxylic acids is 1. The molecule has 1 atom stereocenters. The molecule has 0 aliphatic rings. The summed E-state index contributed by atoms with van der Waals surface area (Å²) in [5.41, 5.74) is 1.47. The van der Waals surface area contributed by atoms with Crippen molar-refractivity contribution in [2.75, 3.05) is 17.9 Å². The number of halogens is 2. The maximum Gasteiger partial charge on any atom is 0.261 e. The largest absolute Gasteiger partial charge is 0.449 e. The van der Waals surface area contributed by atoms with Crippen LogP contribution in [-0.4, -0.2) is 28.3 Å². The fraction of sp³-hybridized carbons (Fsp3) is 0.250. The van der Waals surface area contributed by atoms with Gasteiger partial charge in [0.2, 0.25) is 0 Å². The number of benzene rings is 1. The van der Waals surface area contributed by atoms with Crippen LogP contribution in [0.15, 0.2) is 21.0 Å². The van der Waals surface area contributed by atoms with E-state index in [-0.39, 0.29) is 5.91 Å². The summed E-state index contributed by atoms with van der Waals surface area (Å²) in [6, 6.07) is 3.36. The van der Waals surface area contributed by atoms with Crippen LogP contribution in [0.5, 0.6) is 0 Å². The molecule has 2 rings (SSSR count). The Bertz CT molecular complexity index is 734. The molecule has 0 aliphatic heterocycles. The summed E-state index contributed by atoms with van der Waals surface area (Å²) in [4.78, 5) is 11.9. The van der Waals surface area contributed by atoms with Gasteiger partial charge in [0, 0.05) is 52.1 Å².